The highest BCUT2D eigenvalue weighted by atomic mass is 35.5. The third-order valence-electron chi connectivity index (χ3n) is 5.20. The van der Waals surface area contributed by atoms with Crippen molar-refractivity contribution in [1.29, 1.82) is 0 Å². The fourth-order valence-electron chi connectivity index (χ4n) is 3.49. The minimum absolute atomic E-state index is 0.306. The summed E-state index contributed by atoms with van der Waals surface area (Å²) in [5, 5.41) is 3.00. The smallest absolute Gasteiger partial charge is 0.244 e. The van der Waals surface area contributed by atoms with E-state index in [0.717, 1.165) is 21.7 Å². The van der Waals surface area contributed by atoms with E-state index < -0.39 is 0 Å². The standard InChI is InChI=1S/C25H20Cl5N2O/c26-19-6-5-18(23(29)11-19)15-33-25(21-8-7-20(27)12-24(21)30)14-32-10-9-31(16-32)13-17-3-1-2-4-22(17)28/h1-12,16,25H,13-15H2/q+1. The largest absolute Gasteiger partial charge is 0.365 e. The van der Waals surface area contributed by atoms with Crippen LogP contribution < -0.4 is 4.57 Å². The molecule has 4 rings (SSSR count). The molecule has 3 nitrogen and oxygen atoms in total. The van der Waals surface area contributed by atoms with Gasteiger partial charge in [-0.05, 0) is 35.9 Å². The molecule has 0 N–H and O–H groups in total. The van der Waals surface area contributed by atoms with Crippen molar-refractivity contribution in [2.75, 3.05) is 0 Å². The van der Waals surface area contributed by atoms with Gasteiger partial charge < -0.3 is 4.74 Å². The summed E-state index contributed by atoms with van der Waals surface area (Å²) in [5.74, 6) is 0. The Hall–Kier alpha value is -1.72. The van der Waals surface area contributed by atoms with E-state index in [1.807, 2.05) is 61.2 Å². The lowest BCUT2D eigenvalue weighted by atomic mass is 10.1. The predicted molar refractivity (Wildman–Crippen MR) is 136 cm³/mol. The van der Waals surface area contributed by atoms with Crippen molar-refractivity contribution in [3.8, 4) is 0 Å². The third-order valence-corrected chi connectivity index (χ3v) is 6.72. The number of benzene rings is 3. The molecule has 0 bridgehead atoms. The van der Waals surface area contributed by atoms with Crippen molar-refractivity contribution < 1.29 is 9.30 Å². The van der Waals surface area contributed by atoms with Crippen LogP contribution in [-0.4, -0.2) is 4.57 Å². The normalized spacial score (nSPS) is 12.2. The van der Waals surface area contributed by atoms with Gasteiger partial charge in [-0.25, -0.2) is 9.13 Å². The maximum atomic E-state index is 6.52. The van der Waals surface area contributed by atoms with Gasteiger partial charge >= 0.3 is 0 Å². The summed E-state index contributed by atoms with van der Waals surface area (Å²) in [5.41, 5.74) is 2.74. The maximum absolute atomic E-state index is 6.52. The number of hydrogen-bond acceptors (Lipinski definition) is 1. The molecule has 3 aromatic carbocycles. The molecule has 33 heavy (non-hydrogen) atoms. The molecule has 0 saturated heterocycles. The van der Waals surface area contributed by atoms with E-state index in [9.17, 15) is 0 Å². The first-order valence-electron chi connectivity index (χ1n) is 10.2. The Morgan fingerprint density at radius 1 is 0.788 bits per heavy atom. The fraction of sp³-hybridized carbons (Fsp3) is 0.160. The number of aromatic nitrogens is 2. The van der Waals surface area contributed by atoms with E-state index in [1.54, 1.807) is 18.2 Å². The minimum Gasteiger partial charge on any atom is -0.365 e. The number of rotatable bonds is 8. The van der Waals surface area contributed by atoms with Crippen LogP contribution in [0.25, 0.3) is 0 Å². The van der Waals surface area contributed by atoms with Crippen molar-refractivity contribution >= 4 is 58.0 Å². The SMILES string of the molecule is Clc1ccc(COC(Cn2cc[n+](Cc3ccccc3Cl)c2)c2ccc(Cl)cc2Cl)c(Cl)c1. The highest BCUT2D eigenvalue weighted by Crippen LogP contribution is 2.31. The van der Waals surface area contributed by atoms with Crippen molar-refractivity contribution in [3.63, 3.8) is 0 Å². The van der Waals surface area contributed by atoms with Gasteiger partial charge in [0.05, 0.1) is 6.61 Å². The average Bonchev–Trinajstić information content (AvgIpc) is 3.21. The number of ether oxygens (including phenoxy) is 1. The van der Waals surface area contributed by atoms with Crippen LogP contribution in [0.3, 0.4) is 0 Å². The molecule has 1 aromatic heterocycles. The zero-order valence-corrected chi connectivity index (χ0v) is 21.2. The Morgan fingerprint density at radius 2 is 1.52 bits per heavy atom. The molecule has 170 valence electrons. The summed E-state index contributed by atoms with van der Waals surface area (Å²) in [6.45, 7) is 1.52. The summed E-state index contributed by atoms with van der Waals surface area (Å²) in [6.07, 6.45) is 5.67. The van der Waals surface area contributed by atoms with Gasteiger partial charge in [-0.2, -0.15) is 0 Å². The lowest BCUT2D eigenvalue weighted by Crippen LogP contribution is -2.32. The summed E-state index contributed by atoms with van der Waals surface area (Å²) < 4.78 is 10.4. The molecule has 8 heteroatoms. The fourth-order valence-corrected chi connectivity index (χ4v) is 4.68. The molecule has 1 unspecified atom stereocenters. The first-order valence-corrected chi connectivity index (χ1v) is 12.1. The van der Waals surface area contributed by atoms with Crippen LogP contribution in [0.1, 0.15) is 22.8 Å². The average molecular weight is 542 g/mol. The van der Waals surface area contributed by atoms with E-state index in [4.69, 9.17) is 62.7 Å². The van der Waals surface area contributed by atoms with Gasteiger partial charge in [0.1, 0.15) is 31.6 Å². The molecule has 0 fully saturated rings. The topological polar surface area (TPSA) is 18.0 Å². The van der Waals surface area contributed by atoms with Gasteiger partial charge in [-0.15, -0.1) is 0 Å². The van der Waals surface area contributed by atoms with E-state index in [-0.39, 0.29) is 6.10 Å². The lowest BCUT2D eigenvalue weighted by molar-refractivity contribution is -0.687. The highest BCUT2D eigenvalue weighted by Gasteiger charge is 2.21. The van der Waals surface area contributed by atoms with E-state index >= 15 is 0 Å². The van der Waals surface area contributed by atoms with Crippen LogP contribution in [0.5, 0.6) is 0 Å². The van der Waals surface area contributed by atoms with Crippen LogP contribution in [0.15, 0.2) is 79.4 Å². The zero-order valence-electron chi connectivity index (χ0n) is 17.4. The van der Waals surface area contributed by atoms with Gasteiger partial charge in [0.15, 0.2) is 0 Å². The molecule has 0 aliphatic carbocycles. The maximum Gasteiger partial charge on any atom is 0.244 e. The first-order chi connectivity index (χ1) is 15.9. The molecule has 0 amide bonds. The Kier molecular flexibility index (Phi) is 8.24. The molecular formula is C25H20Cl5N2O+. The summed E-state index contributed by atoms with van der Waals surface area (Å²) in [7, 11) is 0. The molecule has 0 aliphatic rings. The van der Waals surface area contributed by atoms with Crippen LogP contribution in [-0.2, 0) is 24.4 Å². The number of imidazole rings is 1. The monoisotopic (exact) mass is 539 g/mol. The molecule has 0 aliphatic heterocycles. The van der Waals surface area contributed by atoms with Gasteiger partial charge in [-0.1, -0.05) is 88.3 Å². The van der Waals surface area contributed by atoms with Gasteiger partial charge in [0.2, 0.25) is 6.33 Å². The number of nitrogens with zero attached hydrogens (tertiary/aromatic N) is 2. The third kappa shape index (κ3) is 6.45. The van der Waals surface area contributed by atoms with E-state index in [1.165, 1.54) is 0 Å². The Balaban J connectivity index is 1.54. The molecule has 0 saturated carbocycles. The van der Waals surface area contributed by atoms with Crippen molar-refractivity contribution in [2.45, 2.75) is 25.8 Å². The minimum atomic E-state index is -0.331. The second kappa shape index (κ2) is 11.1. The second-order valence-electron chi connectivity index (χ2n) is 7.58. The summed E-state index contributed by atoms with van der Waals surface area (Å²) in [4.78, 5) is 0. The molecule has 0 radical (unpaired) electrons. The Bertz CT molecular complexity index is 1260. The highest BCUT2D eigenvalue weighted by molar-refractivity contribution is 6.35. The van der Waals surface area contributed by atoms with Gasteiger partial charge in [0, 0.05) is 36.2 Å². The van der Waals surface area contributed by atoms with Gasteiger partial charge in [-0.3, -0.25) is 0 Å². The van der Waals surface area contributed by atoms with Gasteiger partial charge in [0.25, 0.3) is 0 Å². The summed E-state index contributed by atoms with van der Waals surface area (Å²) >= 11 is 31.3. The Labute approximate surface area is 218 Å². The first kappa shape index (κ1) is 24.4. The quantitative estimate of drug-likeness (QED) is 0.206. The predicted octanol–water partition coefficient (Wildman–Crippen LogP) is 8.05. The lowest BCUT2D eigenvalue weighted by Gasteiger charge is -2.19. The number of hydrogen-bond donors (Lipinski definition) is 0. The number of halogens is 5. The van der Waals surface area contributed by atoms with E-state index in [0.29, 0.717) is 39.8 Å². The van der Waals surface area contributed by atoms with Crippen LogP contribution in [0.2, 0.25) is 25.1 Å². The van der Waals surface area contributed by atoms with Crippen LogP contribution >= 0.6 is 58.0 Å². The second-order valence-corrected chi connectivity index (χ2v) is 9.67. The molecular weight excluding hydrogens is 522 g/mol. The van der Waals surface area contributed by atoms with E-state index in [2.05, 4.69) is 9.13 Å². The Morgan fingerprint density at radius 3 is 2.24 bits per heavy atom. The molecule has 1 atom stereocenters. The molecule has 4 aromatic rings. The van der Waals surface area contributed by atoms with Crippen molar-refractivity contribution in [1.82, 2.24) is 4.57 Å². The summed E-state index contributed by atoms with van der Waals surface area (Å²) in [6, 6.07) is 18.6. The van der Waals surface area contributed by atoms with Crippen LogP contribution in [0, 0.1) is 0 Å². The molecule has 1 heterocycles. The molecule has 0 spiro atoms. The van der Waals surface area contributed by atoms with Crippen LogP contribution in [0.4, 0.5) is 0 Å². The van der Waals surface area contributed by atoms with Crippen molar-refractivity contribution in [2.24, 2.45) is 0 Å². The van der Waals surface area contributed by atoms with Crippen molar-refractivity contribution in [3.05, 3.63) is 121 Å². The zero-order chi connectivity index (χ0) is 23.4.